The molecule has 0 aliphatic rings. The fourth-order valence-corrected chi connectivity index (χ4v) is 2.91. The minimum atomic E-state index is -6.34. The van der Waals surface area contributed by atoms with Gasteiger partial charge in [-0.25, -0.2) is 19.1 Å². The maximum absolute atomic E-state index is 13.8. The van der Waals surface area contributed by atoms with Crippen LogP contribution in [-0.2, 0) is 23.9 Å². The number of rotatable bonds is 4. The summed E-state index contributed by atoms with van der Waals surface area (Å²) in [5.41, 5.74) is -5.34. The van der Waals surface area contributed by atoms with Crippen molar-refractivity contribution in [2.24, 2.45) is 7.05 Å². The van der Waals surface area contributed by atoms with E-state index in [0.717, 1.165) is 32.6 Å². The number of halogens is 9. The molecule has 17 heteroatoms. The van der Waals surface area contributed by atoms with E-state index < -0.39 is 41.3 Å². The van der Waals surface area contributed by atoms with Gasteiger partial charge in [0, 0.05) is 18.8 Å². The van der Waals surface area contributed by atoms with Crippen molar-refractivity contribution >= 4 is 17.6 Å². The number of methoxy groups -OCH3 is 1. The molecule has 8 nitrogen and oxygen atoms in total. The van der Waals surface area contributed by atoms with Crippen LogP contribution in [0.4, 0.5) is 35.1 Å². The number of aromatic nitrogens is 6. The summed E-state index contributed by atoms with van der Waals surface area (Å²) in [5, 5.41) is 9.46. The van der Waals surface area contributed by atoms with Gasteiger partial charge >= 0.3 is 24.2 Å². The second-order valence-corrected chi connectivity index (χ2v) is 6.70. The van der Waals surface area contributed by atoms with Gasteiger partial charge in [0.15, 0.2) is 11.5 Å². The monoisotopic (exact) mass is 504 g/mol. The SMILES string of the molecule is COC(=O)c1cc(-c2cn(-c3c(C(F)(F)F)c(C(F)(F)C(F)(F)F)nn3C)nn2)cnc1Cl. The van der Waals surface area contributed by atoms with E-state index >= 15 is 0 Å². The van der Waals surface area contributed by atoms with Crippen molar-refractivity contribution in [3.63, 3.8) is 0 Å². The molecule has 0 aliphatic carbocycles. The molecule has 0 aliphatic heterocycles. The van der Waals surface area contributed by atoms with Crippen molar-refractivity contribution in [3.05, 3.63) is 40.4 Å². The summed E-state index contributed by atoms with van der Waals surface area (Å²) in [6.07, 6.45) is -10.2. The van der Waals surface area contributed by atoms with Crippen LogP contribution in [0.2, 0.25) is 5.15 Å². The van der Waals surface area contributed by atoms with E-state index in [0.29, 0.717) is 4.68 Å². The Labute approximate surface area is 182 Å². The minimum absolute atomic E-state index is 0.00243. The maximum atomic E-state index is 13.8. The Morgan fingerprint density at radius 1 is 1.12 bits per heavy atom. The summed E-state index contributed by atoms with van der Waals surface area (Å²) in [5.74, 6) is -8.06. The molecule has 0 N–H and O–H groups in total. The highest BCUT2D eigenvalue weighted by atomic mass is 35.5. The number of nitrogens with zero attached hydrogens (tertiary/aromatic N) is 6. The summed E-state index contributed by atoms with van der Waals surface area (Å²) in [6.45, 7) is 0. The third-order valence-electron chi connectivity index (χ3n) is 4.20. The molecular formula is C16H9ClF8N6O2. The molecule has 0 spiro atoms. The van der Waals surface area contributed by atoms with Crippen LogP contribution in [0.3, 0.4) is 0 Å². The number of hydrogen-bond acceptors (Lipinski definition) is 6. The lowest BCUT2D eigenvalue weighted by Crippen LogP contribution is -2.36. The van der Waals surface area contributed by atoms with Crippen molar-refractivity contribution in [3.8, 4) is 17.1 Å². The Morgan fingerprint density at radius 2 is 1.76 bits per heavy atom. The highest BCUT2D eigenvalue weighted by Gasteiger charge is 2.64. The Kier molecular flexibility index (Phi) is 5.85. The van der Waals surface area contributed by atoms with E-state index in [1.54, 1.807) is 0 Å². The molecule has 33 heavy (non-hydrogen) atoms. The summed E-state index contributed by atoms with van der Waals surface area (Å²) in [4.78, 5) is 15.4. The lowest BCUT2D eigenvalue weighted by Gasteiger charge is -2.19. The molecule has 3 heterocycles. The van der Waals surface area contributed by atoms with Crippen molar-refractivity contribution in [1.29, 1.82) is 0 Å². The average Bonchev–Trinajstić information content (AvgIpc) is 3.31. The van der Waals surface area contributed by atoms with Crippen molar-refractivity contribution in [2.45, 2.75) is 18.3 Å². The number of carbonyl (C=O) groups is 1. The molecule has 178 valence electrons. The number of aryl methyl sites for hydroxylation is 1. The number of hydrogen-bond donors (Lipinski definition) is 0. The number of ether oxygens (including phenoxy) is 1. The third kappa shape index (κ3) is 4.21. The van der Waals surface area contributed by atoms with Crippen LogP contribution < -0.4 is 0 Å². The van der Waals surface area contributed by atoms with Crippen LogP contribution in [0.1, 0.15) is 21.6 Å². The van der Waals surface area contributed by atoms with Gasteiger partial charge < -0.3 is 4.74 Å². The van der Waals surface area contributed by atoms with Crippen LogP contribution in [0.5, 0.6) is 0 Å². The minimum Gasteiger partial charge on any atom is -0.465 e. The van der Waals surface area contributed by atoms with Gasteiger partial charge in [-0.3, -0.25) is 0 Å². The predicted octanol–water partition coefficient (Wildman–Crippen LogP) is 4.18. The molecule has 0 saturated carbocycles. The molecule has 0 bridgehead atoms. The van der Waals surface area contributed by atoms with Gasteiger partial charge in [-0.2, -0.15) is 40.2 Å². The molecule has 0 amide bonds. The van der Waals surface area contributed by atoms with Crippen LogP contribution in [0.15, 0.2) is 18.5 Å². The summed E-state index contributed by atoms with van der Waals surface area (Å²) in [6, 6.07) is 1.12. The van der Waals surface area contributed by atoms with E-state index in [1.165, 1.54) is 0 Å². The third-order valence-corrected chi connectivity index (χ3v) is 4.51. The Balaban J connectivity index is 2.18. The van der Waals surface area contributed by atoms with E-state index in [1.807, 2.05) is 0 Å². The molecule has 3 rings (SSSR count). The second-order valence-electron chi connectivity index (χ2n) is 6.34. The fraction of sp³-hybridized carbons (Fsp3) is 0.312. The molecule has 3 aromatic heterocycles. The topological polar surface area (TPSA) is 87.7 Å². The van der Waals surface area contributed by atoms with Crippen molar-refractivity contribution < 1.29 is 44.7 Å². The first-order chi connectivity index (χ1) is 15.1. The zero-order valence-electron chi connectivity index (χ0n) is 16.1. The van der Waals surface area contributed by atoms with Gasteiger partial charge in [0.05, 0.1) is 18.9 Å². The highest BCUT2D eigenvalue weighted by molar-refractivity contribution is 6.32. The summed E-state index contributed by atoms with van der Waals surface area (Å²) >= 11 is 5.78. The zero-order chi connectivity index (χ0) is 24.9. The maximum Gasteiger partial charge on any atom is 0.459 e. The lowest BCUT2D eigenvalue weighted by molar-refractivity contribution is -0.292. The standard InChI is InChI=1S/C16H9ClF8N6O2/c1-30-12(9(15(20,21)22)10(28-30)14(18,19)16(23,24)25)31-5-8(27-29-31)6-3-7(13(32)33-2)11(17)26-4-6/h3-5H,1-2H3. The van der Waals surface area contributed by atoms with Crippen molar-refractivity contribution in [1.82, 2.24) is 29.8 Å². The van der Waals surface area contributed by atoms with Crippen LogP contribution in [0.25, 0.3) is 17.1 Å². The molecular weight excluding hydrogens is 496 g/mol. The summed E-state index contributed by atoms with van der Waals surface area (Å²) in [7, 11) is 1.78. The number of esters is 1. The van der Waals surface area contributed by atoms with Gasteiger partial charge in [0.2, 0.25) is 0 Å². The second kappa shape index (κ2) is 7.93. The largest absolute Gasteiger partial charge is 0.465 e. The van der Waals surface area contributed by atoms with Gasteiger partial charge in [0.25, 0.3) is 0 Å². The van der Waals surface area contributed by atoms with E-state index in [-0.39, 0.29) is 26.7 Å². The molecule has 0 atom stereocenters. The van der Waals surface area contributed by atoms with Crippen molar-refractivity contribution in [2.75, 3.05) is 7.11 Å². The summed E-state index contributed by atoms with van der Waals surface area (Å²) < 4.78 is 112. The van der Waals surface area contributed by atoms with Crippen LogP contribution >= 0.6 is 11.6 Å². The molecule has 0 unspecified atom stereocenters. The fourth-order valence-electron chi connectivity index (χ4n) is 2.73. The van der Waals surface area contributed by atoms with E-state index in [9.17, 15) is 39.9 Å². The predicted molar refractivity (Wildman–Crippen MR) is 92.7 cm³/mol. The van der Waals surface area contributed by atoms with Gasteiger partial charge in [0.1, 0.15) is 16.4 Å². The number of pyridine rings is 1. The van der Waals surface area contributed by atoms with Crippen LogP contribution in [0, 0.1) is 0 Å². The molecule has 0 aromatic carbocycles. The highest BCUT2D eigenvalue weighted by Crippen LogP contribution is 2.49. The Bertz CT molecular complexity index is 1220. The first kappa shape index (κ1) is 24.3. The van der Waals surface area contributed by atoms with E-state index in [4.69, 9.17) is 11.6 Å². The molecule has 3 aromatic rings. The van der Waals surface area contributed by atoms with E-state index in [2.05, 4.69) is 25.1 Å². The molecule has 0 saturated heterocycles. The number of alkyl halides is 8. The Morgan fingerprint density at radius 3 is 2.30 bits per heavy atom. The van der Waals surface area contributed by atoms with Crippen LogP contribution in [-0.4, -0.2) is 49.0 Å². The van der Waals surface area contributed by atoms with Gasteiger partial charge in [-0.05, 0) is 6.07 Å². The molecule has 0 fully saturated rings. The smallest absolute Gasteiger partial charge is 0.459 e. The molecule has 0 radical (unpaired) electrons. The number of carbonyl (C=O) groups excluding carboxylic acids is 1. The van der Waals surface area contributed by atoms with Gasteiger partial charge in [-0.1, -0.05) is 16.8 Å². The average molecular weight is 505 g/mol. The zero-order valence-corrected chi connectivity index (χ0v) is 16.9. The van der Waals surface area contributed by atoms with Gasteiger partial charge in [-0.15, -0.1) is 5.10 Å². The lowest BCUT2D eigenvalue weighted by atomic mass is 10.1. The first-order valence-electron chi connectivity index (χ1n) is 8.35. The normalized spacial score (nSPS) is 12.8. The first-order valence-corrected chi connectivity index (χ1v) is 8.73. The Hall–Kier alpha value is -3.30. The quantitative estimate of drug-likeness (QED) is 0.301.